The molecule has 27 heavy (non-hydrogen) atoms. The lowest BCUT2D eigenvalue weighted by Gasteiger charge is -2.17. The van der Waals surface area contributed by atoms with Gasteiger partial charge in [0.2, 0.25) is 5.82 Å². The van der Waals surface area contributed by atoms with E-state index in [2.05, 4.69) is 20.8 Å². The Hall–Kier alpha value is -1.12. The summed E-state index contributed by atoms with van der Waals surface area (Å²) in [6.45, 7) is 6.91. The van der Waals surface area contributed by atoms with Crippen LogP contribution < -0.4 is 4.74 Å². The number of hydrogen-bond acceptors (Lipinski definition) is 1. The number of rotatable bonds is 15. The normalized spacial score (nSPS) is 13.6. The van der Waals surface area contributed by atoms with Crippen molar-refractivity contribution in [3.8, 4) is 5.75 Å². The molecule has 0 aromatic heterocycles. The average molecular weight is 383 g/mol. The molecular formula is C24H40F2O. The van der Waals surface area contributed by atoms with Crippen molar-refractivity contribution < 1.29 is 13.5 Å². The van der Waals surface area contributed by atoms with Gasteiger partial charge in [-0.05, 0) is 36.3 Å². The highest BCUT2D eigenvalue weighted by Crippen LogP contribution is 2.26. The Bertz CT molecular complexity index is 515. The monoisotopic (exact) mass is 382 g/mol. The Morgan fingerprint density at radius 2 is 1.52 bits per heavy atom. The molecular weight excluding hydrogens is 342 g/mol. The number of aryl methyl sites for hydroxylation is 1. The number of halogens is 2. The van der Waals surface area contributed by atoms with Crippen molar-refractivity contribution in [3.63, 3.8) is 0 Å². The lowest BCUT2D eigenvalue weighted by atomic mass is 9.89. The predicted molar refractivity (Wildman–Crippen MR) is 111 cm³/mol. The third-order valence-electron chi connectivity index (χ3n) is 5.69. The van der Waals surface area contributed by atoms with Gasteiger partial charge < -0.3 is 4.74 Å². The van der Waals surface area contributed by atoms with E-state index in [0.29, 0.717) is 12.0 Å². The molecule has 1 rings (SSSR count). The van der Waals surface area contributed by atoms with Crippen LogP contribution in [-0.2, 0) is 6.42 Å². The second kappa shape index (κ2) is 14.0. The van der Waals surface area contributed by atoms with E-state index in [1.165, 1.54) is 71.0 Å². The van der Waals surface area contributed by atoms with Crippen molar-refractivity contribution >= 4 is 0 Å². The second-order valence-corrected chi connectivity index (χ2v) is 8.13. The molecule has 0 bridgehead atoms. The lowest BCUT2D eigenvalue weighted by molar-refractivity contribution is 0.359. The van der Waals surface area contributed by atoms with Gasteiger partial charge >= 0.3 is 0 Å². The Kier molecular flexibility index (Phi) is 12.4. The molecule has 3 heteroatoms. The van der Waals surface area contributed by atoms with Crippen LogP contribution in [0.4, 0.5) is 8.78 Å². The van der Waals surface area contributed by atoms with Crippen molar-refractivity contribution in [2.75, 3.05) is 7.11 Å². The van der Waals surface area contributed by atoms with E-state index < -0.39 is 11.6 Å². The molecule has 2 atom stereocenters. The van der Waals surface area contributed by atoms with Crippen LogP contribution in [0.15, 0.2) is 12.1 Å². The maximum atomic E-state index is 14.0. The van der Waals surface area contributed by atoms with Crippen molar-refractivity contribution in [2.45, 2.75) is 97.8 Å². The van der Waals surface area contributed by atoms with Gasteiger partial charge in [0.25, 0.3) is 0 Å². The Morgan fingerprint density at radius 3 is 2.19 bits per heavy atom. The zero-order valence-electron chi connectivity index (χ0n) is 18.0. The van der Waals surface area contributed by atoms with Crippen LogP contribution in [0.1, 0.15) is 97.0 Å². The molecule has 0 N–H and O–H groups in total. The summed E-state index contributed by atoms with van der Waals surface area (Å²) in [4.78, 5) is 0. The lowest BCUT2D eigenvalue weighted by Crippen LogP contribution is -2.03. The van der Waals surface area contributed by atoms with Crippen LogP contribution >= 0.6 is 0 Å². The minimum Gasteiger partial charge on any atom is -0.494 e. The molecule has 0 aliphatic heterocycles. The largest absolute Gasteiger partial charge is 0.494 e. The SMILES string of the molecule is CCCC(C)CCCC(CCC)CCCCCc1ccc(OC)c(F)c1F. The van der Waals surface area contributed by atoms with Crippen LogP contribution in [0.2, 0.25) is 0 Å². The first-order valence-electron chi connectivity index (χ1n) is 11.0. The maximum absolute atomic E-state index is 14.0. The van der Waals surface area contributed by atoms with E-state index in [1.807, 2.05) is 0 Å². The maximum Gasteiger partial charge on any atom is 0.200 e. The Labute approximate surface area is 165 Å². The summed E-state index contributed by atoms with van der Waals surface area (Å²) in [5.74, 6) is 0.0534. The van der Waals surface area contributed by atoms with Crippen LogP contribution in [0.3, 0.4) is 0 Å². The third-order valence-corrected chi connectivity index (χ3v) is 5.69. The van der Waals surface area contributed by atoms with Gasteiger partial charge in [-0.1, -0.05) is 91.0 Å². The Morgan fingerprint density at radius 1 is 0.815 bits per heavy atom. The van der Waals surface area contributed by atoms with Gasteiger partial charge in [-0.2, -0.15) is 4.39 Å². The fourth-order valence-corrected chi connectivity index (χ4v) is 4.08. The first-order valence-corrected chi connectivity index (χ1v) is 11.0. The molecule has 0 spiro atoms. The molecule has 156 valence electrons. The fraction of sp³-hybridized carbons (Fsp3) is 0.750. The van der Waals surface area contributed by atoms with E-state index in [4.69, 9.17) is 4.74 Å². The van der Waals surface area contributed by atoms with Crippen LogP contribution in [-0.4, -0.2) is 7.11 Å². The van der Waals surface area contributed by atoms with Crippen LogP contribution in [0.25, 0.3) is 0 Å². The fourth-order valence-electron chi connectivity index (χ4n) is 4.08. The molecule has 1 nitrogen and oxygen atoms in total. The molecule has 1 aromatic carbocycles. The summed E-state index contributed by atoms with van der Waals surface area (Å²) in [5.41, 5.74) is 0.461. The van der Waals surface area contributed by atoms with Gasteiger partial charge in [0.05, 0.1) is 7.11 Å². The summed E-state index contributed by atoms with van der Waals surface area (Å²) in [5, 5.41) is 0. The van der Waals surface area contributed by atoms with Gasteiger partial charge in [-0.25, -0.2) is 4.39 Å². The molecule has 0 saturated heterocycles. The summed E-state index contributed by atoms with van der Waals surface area (Å²) in [6.07, 6.45) is 14.3. The van der Waals surface area contributed by atoms with Gasteiger partial charge in [0.15, 0.2) is 11.6 Å². The van der Waals surface area contributed by atoms with Crippen molar-refractivity contribution in [3.05, 3.63) is 29.3 Å². The standard InChI is InChI=1S/C24H40F2O/c1-5-11-19(3)13-10-15-20(12-6-2)14-8-7-9-16-21-17-18-22(27-4)24(26)23(21)25/h17-20H,5-16H2,1-4H3. The minimum atomic E-state index is -0.865. The van der Waals surface area contributed by atoms with Crippen molar-refractivity contribution in [1.29, 1.82) is 0 Å². The van der Waals surface area contributed by atoms with E-state index in [0.717, 1.165) is 24.7 Å². The molecule has 0 aliphatic rings. The summed E-state index contributed by atoms with van der Waals surface area (Å²) >= 11 is 0. The number of benzene rings is 1. The van der Waals surface area contributed by atoms with Gasteiger partial charge in [-0.3, -0.25) is 0 Å². The quantitative estimate of drug-likeness (QED) is 0.278. The highest BCUT2D eigenvalue weighted by molar-refractivity contribution is 5.31. The zero-order valence-corrected chi connectivity index (χ0v) is 18.0. The average Bonchev–Trinajstić information content (AvgIpc) is 2.65. The number of hydrogen-bond donors (Lipinski definition) is 0. The van der Waals surface area contributed by atoms with Crippen LogP contribution in [0.5, 0.6) is 5.75 Å². The zero-order chi connectivity index (χ0) is 20.1. The molecule has 0 saturated carbocycles. The molecule has 0 radical (unpaired) electrons. The highest BCUT2D eigenvalue weighted by Gasteiger charge is 2.14. The highest BCUT2D eigenvalue weighted by atomic mass is 19.2. The first-order chi connectivity index (χ1) is 13.0. The van der Waals surface area contributed by atoms with Crippen LogP contribution in [0, 0.1) is 23.5 Å². The summed E-state index contributed by atoms with van der Waals surface area (Å²) in [6, 6.07) is 3.17. The molecule has 0 amide bonds. The molecule has 2 unspecified atom stereocenters. The summed E-state index contributed by atoms with van der Waals surface area (Å²) in [7, 11) is 1.36. The van der Waals surface area contributed by atoms with E-state index in [9.17, 15) is 8.78 Å². The first kappa shape index (κ1) is 23.9. The van der Waals surface area contributed by atoms with Crippen molar-refractivity contribution in [1.82, 2.24) is 0 Å². The van der Waals surface area contributed by atoms with E-state index in [-0.39, 0.29) is 5.75 Å². The Balaban J connectivity index is 2.28. The number of ether oxygens (including phenoxy) is 1. The number of unbranched alkanes of at least 4 members (excludes halogenated alkanes) is 2. The molecule has 1 aromatic rings. The topological polar surface area (TPSA) is 9.23 Å². The second-order valence-electron chi connectivity index (χ2n) is 8.13. The third kappa shape index (κ3) is 9.08. The summed E-state index contributed by atoms with van der Waals surface area (Å²) < 4.78 is 32.6. The van der Waals surface area contributed by atoms with Crippen molar-refractivity contribution in [2.24, 2.45) is 11.8 Å². The van der Waals surface area contributed by atoms with E-state index >= 15 is 0 Å². The predicted octanol–water partition coefficient (Wildman–Crippen LogP) is 8.10. The van der Waals surface area contributed by atoms with Gasteiger partial charge in [0, 0.05) is 0 Å². The smallest absolute Gasteiger partial charge is 0.200 e. The number of methoxy groups -OCH3 is 1. The van der Waals surface area contributed by atoms with Gasteiger partial charge in [-0.15, -0.1) is 0 Å². The molecule has 0 aliphatic carbocycles. The minimum absolute atomic E-state index is 0.0214. The van der Waals surface area contributed by atoms with E-state index in [1.54, 1.807) is 6.07 Å². The molecule has 0 fully saturated rings. The molecule has 0 heterocycles. The van der Waals surface area contributed by atoms with Gasteiger partial charge in [0.1, 0.15) is 0 Å².